The Balaban J connectivity index is 2.01. The van der Waals surface area contributed by atoms with Gasteiger partial charge in [0.05, 0.1) is 18.3 Å². The molecule has 0 saturated carbocycles. The summed E-state index contributed by atoms with van der Waals surface area (Å²) in [5.41, 5.74) is 0.638. The molecule has 19 heavy (non-hydrogen) atoms. The predicted octanol–water partition coefficient (Wildman–Crippen LogP) is -0.605. The summed E-state index contributed by atoms with van der Waals surface area (Å²) < 4.78 is 0. The van der Waals surface area contributed by atoms with Crippen molar-refractivity contribution in [3.05, 3.63) is 30.1 Å². The van der Waals surface area contributed by atoms with Gasteiger partial charge in [0.2, 0.25) is 5.91 Å². The second-order valence-electron chi connectivity index (χ2n) is 4.96. The molecule has 0 aromatic carbocycles. The molecule has 0 bridgehead atoms. The monoisotopic (exact) mass is 260 g/mol. The fourth-order valence-electron chi connectivity index (χ4n) is 2.79. The lowest BCUT2D eigenvalue weighted by atomic mass is 10.00. The van der Waals surface area contributed by atoms with Gasteiger partial charge < -0.3 is 15.1 Å². The van der Waals surface area contributed by atoms with Crippen LogP contribution in [-0.2, 0) is 9.59 Å². The normalized spacial score (nSPS) is 27.4. The Bertz CT molecular complexity index is 505. The molecule has 2 amide bonds. The Morgan fingerprint density at radius 2 is 2.21 bits per heavy atom. The summed E-state index contributed by atoms with van der Waals surface area (Å²) in [6.07, 6.45) is 1.65. The molecule has 0 radical (unpaired) electrons. The summed E-state index contributed by atoms with van der Waals surface area (Å²) in [6.45, 7) is 1.57. The van der Waals surface area contributed by atoms with E-state index in [9.17, 15) is 9.59 Å². The van der Waals surface area contributed by atoms with E-state index in [1.54, 1.807) is 35.2 Å². The SMILES string of the molecule is CN1CC2CNCC(=O)N2C(c2ccccn2)C1=O. The van der Waals surface area contributed by atoms with E-state index in [4.69, 9.17) is 0 Å². The Morgan fingerprint density at radius 1 is 1.37 bits per heavy atom. The van der Waals surface area contributed by atoms with Crippen LogP contribution in [-0.4, -0.2) is 59.3 Å². The van der Waals surface area contributed by atoms with Crippen molar-refractivity contribution < 1.29 is 9.59 Å². The third-order valence-electron chi connectivity index (χ3n) is 3.68. The lowest BCUT2D eigenvalue weighted by Gasteiger charge is -2.47. The lowest BCUT2D eigenvalue weighted by Crippen LogP contribution is -2.65. The number of likely N-dealkylation sites (N-methyl/N-ethyl adjacent to an activating group) is 1. The number of hydrogen-bond donors (Lipinski definition) is 1. The molecular weight excluding hydrogens is 244 g/mol. The number of carbonyl (C=O) groups excluding carboxylic acids is 2. The molecule has 6 nitrogen and oxygen atoms in total. The second kappa shape index (κ2) is 4.62. The fourth-order valence-corrected chi connectivity index (χ4v) is 2.79. The summed E-state index contributed by atoms with van der Waals surface area (Å²) in [4.78, 5) is 32.2. The zero-order chi connectivity index (χ0) is 13.4. The van der Waals surface area contributed by atoms with Crippen molar-refractivity contribution in [2.75, 3.05) is 26.7 Å². The highest BCUT2D eigenvalue weighted by atomic mass is 16.2. The molecule has 1 N–H and O–H groups in total. The highest BCUT2D eigenvalue weighted by Gasteiger charge is 2.44. The van der Waals surface area contributed by atoms with E-state index in [0.29, 0.717) is 18.8 Å². The quantitative estimate of drug-likeness (QED) is 0.732. The Morgan fingerprint density at radius 3 is 2.95 bits per heavy atom. The fraction of sp³-hybridized carbons (Fsp3) is 0.462. The van der Waals surface area contributed by atoms with E-state index >= 15 is 0 Å². The molecule has 3 rings (SSSR count). The van der Waals surface area contributed by atoms with E-state index in [1.165, 1.54) is 0 Å². The molecule has 3 heterocycles. The average molecular weight is 260 g/mol. The van der Waals surface area contributed by atoms with E-state index in [1.807, 2.05) is 6.07 Å². The van der Waals surface area contributed by atoms with E-state index in [0.717, 1.165) is 0 Å². The van der Waals surface area contributed by atoms with Crippen LogP contribution >= 0.6 is 0 Å². The number of pyridine rings is 1. The van der Waals surface area contributed by atoms with E-state index in [2.05, 4.69) is 10.3 Å². The molecular formula is C13H16N4O2. The smallest absolute Gasteiger partial charge is 0.251 e. The van der Waals surface area contributed by atoms with Crippen molar-refractivity contribution in [2.24, 2.45) is 0 Å². The Kier molecular flexibility index (Phi) is 2.94. The zero-order valence-corrected chi connectivity index (χ0v) is 10.7. The topological polar surface area (TPSA) is 65.5 Å². The van der Waals surface area contributed by atoms with E-state index in [-0.39, 0.29) is 24.4 Å². The van der Waals surface area contributed by atoms with Crippen LogP contribution < -0.4 is 5.32 Å². The van der Waals surface area contributed by atoms with E-state index < -0.39 is 6.04 Å². The molecule has 0 aliphatic carbocycles. The number of amides is 2. The van der Waals surface area contributed by atoms with Gasteiger partial charge in [0.15, 0.2) is 6.04 Å². The summed E-state index contributed by atoms with van der Waals surface area (Å²) >= 11 is 0. The molecule has 0 spiro atoms. The van der Waals surface area contributed by atoms with Crippen LogP contribution in [0.5, 0.6) is 0 Å². The number of nitrogens with one attached hydrogen (secondary N) is 1. The number of piperazine rings is 2. The minimum atomic E-state index is -0.584. The van der Waals surface area contributed by atoms with Gasteiger partial charge in [0.1, 0.15) is 0 Å². The Labute approximate surface area is 111 Å². The third kappa shape index (κ3) is 1.98. The van der Waals surface area contributed by atoms with Gasteiger partial charge in [-0.2, -0.15) is 0 Å². The van der Waals surface area contributed by atoms with Crippen molar-refractivity contribution >= 4 is 11.8 Å². The lowest BCUT2D eigenvalue weighted by molar-refractivity contribution is -0.157. The van der Waals surface area contributed by atoms with Gasteiger partial charge in [0.25, 0.3) is 5.91 Å². The van der Waals surface area contributed by atoms with Crippen LogP contribution in [0.2, 0.25) is 0 Å². The summed E-state index contributed by atoms with van der Waals surface area (Å²) in [5.74, 6) is -0.0986. The van der Waals surface area contributed by atoms with Crippen molar-refractivity contribution in [3.63, 3.8) is 0 Å². The van der Waals surface area contributed by atoms with Gasteiger partial charge >= 0.3 is 0 Å². The summed E-state index contributed by atoms with van der Waals surface area (Å²) in [5, 5.41) is 3.09. The van der Waals surface area contributed by atoms with Gasteiger partial charge in [-0.15, -0.1) is 0 Å². The maximum atomic E-state index is 12.4. The first-order valence-corrected chi connectivity index (χ1v) is 6.36. The Hall–Kier alpha value is -1.95. The average Bonchev–Trinajstić information content (AvgIpc) is 2.42. The first kappa shape index (κ1) is 12.1. The first-order valence-electron chi connectivity index (χ1n) is 6.36. The molecule has 2 aliphatic heterocycles. The van der Waals surface area contributed by atoms with Crippen LogP contribution in [0.1, 0.15) is 11.7 Å². The second-order valence-corrected chi connectivity index (χ2v) is 4.96. The van der Waals surface area contributed by atoms with Gasteiger partial charge in [-0.25, -0.2) is 0 Å². The maximum Gasteiger partial charge on any atom is 0.251 e. The number of aromatic nitrogens is 1. The van der Waals surface area contributed by atoms with Crippen LogP contribution in [0.3, 0.4) is 0 Å². The molecule has 1 aromatic rings. The van der Waals surface area contributed by atoms with Gasteiger partial charge in [0, 0.05) is 26.3 Å². The molecule has 100 valence electrons. The number of fused-ring (bicyclic) bond motifs is 1. The maximum absolute atomic E-state index is 12.4. The van der Waals surface area contributed by atoms with Crippen molar-refractivity contribution in [1.82, 2.24) is 20.1 Å². The number of carbonyl (C=O) groups is 2. The third-order valence-corrected chi connectivity index (χ3v) is 3.68. The van der Waals surface area contributed by atoms with Crippen molar-refractivity contribution in [2.45, 2.75) is 12.1 Å². The molecule has 2 atom stereocenters. The number of hydrogen-bond acceptors (Lipinski definition) is 4. The van der Waals surface area contributed by atoms with Gasteiger partial charge in [-0.05, 0) is 12.1 Å². The first-order chi connectivity index (χ1) is 9.18. The molecule has 2 aliphatic rings. The molecule has 2 fully saturated rings. The van der Waals surface area contributed by atoms with Crippen LogP contribution in [0.15, 0.2) is 24.4 Å². The molecule has 6 heteroatoms. The van der Waals surface area contributed by atoms with Gasteiger partial charge in [-0.1, -0.05) is 6.07 Å². The minimum Gasteiger partial charge on any atom is -0.341 e. The van der Waals surface area contributed by atoms with Crippen LogP contribution in [0.4, 0.5) is 0 Å². The number of rotatable bonds is 1. The molecule has 2 unspecified atom stereocenters. The number of nitrogens with zero attached hydrogens (tertiary/aromatic N) is 3. The highest BCUT2D eigenvalue weighted by Crippen LogP contribution is 2.29. The minimum absolute atomic E-state index is 0.0240. The largest absolute Gasteiger partial charge is 0.341 e. The van der Waals surface area contributed by atoms with Crippen LogP contribution in [0.25, 0.3) is 0 Å². The highest BCUT2D eigenvalue weighted by molar-refractivity contribution is 5.90. The zero-order valence-electron chi connectivity index (χ0n) is 10.7. The predicted molar refractivity (Wildman–Crippen MR) is 68.1 cm³/mol. The molecule has 1 aromatic heterocycles. The summed E-state index contributed by atoms with van der Waals surface area (Å²) in [6, 6.07) is 4.88. The van der Waals surface area contributed by atoms with Crippen LogP contribution in [0, 0.1) is 0 Å². The summed E-state index contributed by atoms with van der Waals surface area (Å²) in [7, 11) is 1.77. The molecule has 2 saturated heterocycles. The standard InChI is InChI=1S/C13H16N4O2/c1-16-8-9-6-14-7-11(18)17(9)12(13(16)19)10-4-2-3-5-15-10/h2-5,9,12,14H,6-8H2,1H3. The van der Waals surface area contributed by atoms with Crippen molar-refractivity contribution in [3.8, 4) is 0 Å². The van der Waals surface area contributed by atoms with Gasteiger partial charge in [-0.3, -0.25) is 14.6 Å². The van der Waals surface area contributed by atoms with Crippen molar-refractivity contribution in [1.29, 1.82) is 0 Å².